The number of benzene rings is 1. The Balaban J connectivity index is 1.99. The minimum Gasteiger partial charge on any atom is -0.445 e. The summed E-state index contributed by atoms with van der Waals surface area (Å²) in [6, 6.07) is 9.49. The summed E-state index contributed by atoms with van der Waals surface area (Å²) in [6.07, 6.45) is 2.61. The van der Waals surface area contributed by atoms with Gasteiger partial charge in [0, 0.05) is 25.6 Å². The molecule has 0 saturated carbocycles. The van der Waals surface area contributed by atoms with Crippen molar-refractivity contribution in [2.45, 2.75) is 51.3 Å². The number of likely N-dealkylation sites (tertiary alicyclic amines) is 1. The molecule has 2 atom stereocenters. The molecule has 24 heavy (non-hydrogen) atoms. The van der Waals surface area contributed by atoms with Crippen LogP contribution in [0, 0.1) is 0 Å². The predicted molar refractivity (Wildman–Crippen MR) is 90.0 cm³/mol. The van der Waals surface area contributed by atoms with Crippen LogP contribution in [-0.4, -0.2) is 48.2 Å². The average molecular weight is 334 g/mol. The maximum atomic E-state index is 12.6. The van der Waals surface area contributed by atoms with E-state index in [1.807, 2.05) is 37.3 Å². The van der Waals surface area contributed by atoms with E-state index in [-0.39, 0.29) is 37.1 Å². The van der Waals surface area contributed by atoms with Crippen LogP contribution in [0.3, 0.4) is 0 Å². The molecule has 0 unspecified atom stereocenters. The second-order valence-corrected chi connectivity index (χ2v) is 6.16. The van der Waals surface area contributed by atoms with E-state index in [4.69, 9.17) is 9.57 Å². The molecule has 0 aliphatic carbocycles. The first-order chi connectivity index (χ1) is 11.5. The Labute approximate surface area is 143 Å². The van der Waals surface area contributed by atoms with Crippen molar-refractivity contribution in [3.63, 3.8) is 0 Å². The van der Waals surface area contributed by atoms with Gasteiger partial charge in [-0.25, -0.2) is 9.86 Å². The zero-order valence-corrected chi connectivity index (χ0v) is 14.6. The maximum absolute atomic E-state index is 12.6. The number of piperidine rings is 1. The van der Waals surface area contributed by atoms with Crippen molar-refractivity contribution >= 4 is 12.0 Å². The molecule has 2 rings (SSSR count). The number of rotatable bonds is 5. The lowest BCUT2D eigenvalue weighted by Crippen LogP contribution is -2.50. The number of nitrogens with zero attached hydrogens (tertiary/aromatic N) is 2. The van der Waals surface area contributed by atoms with Crippen molar-refractivity contribution in [3.05, 3.63) is 35.9 Å². The highest BCUT2D eigenvalue weighted by atomic mass is 16.7. The smallest absolute Gasteiger partial charge is 0.410 e. The zero-order chi connectivity index (χ0) is 17.5. The van der Waals surface area contributed by atoms with Crippen LogP contribution in [0.2, 0.25) is 0 Å². The molecule has 1 fully saturated rings. The Kier molecular flexibility index (Phi) is 6.61. The van der Waals surface area contributed by atoms with Crippen LogP contribution >= 0.6 is 0 Å². The van der Waals surface area contributed by atoms with Crippen LogP contribution < -0.4 is 0 Å². The predicted octanol–water partition coefficient (Wildman–Crippen LogP) is 2.98. The Morgan fingerprint density at radius 2 is 1.96 bits per heavy atom. The SMILES string of the molecule is CON(C)C(=O)C[C@@H]1CCC[C@H](C)N1C(=O)OCc1ccccc1. The van der Waals surface area contributed by atoms with E-state index in [9.17, 15) is 9.59 Å². The minimum absolute atomic E-state index is 0.0627. The van der Waals surface area contributed by atoms with Crippen molar-refractivity contribution in [3.8, 4) is 0 Å². The molecule has 1 aliphatic rings. The highest BCUT2D eigenvalue weighted by Gasteiger charge is 2.34. The van der Waals surface area contributed by atoms with E-state index >= 15 is 0 Å². The fourth-order valence-electron chi connectivity index (χ4n) is 3.04. The minimum atomic E-state index is -0.357. The van der Waals surface area contributed by atoms with E-state index in [0.29, 0.717) is 0 Å². The topological polar surface area (TPSA) is 59.1 Å². The molecule has 1 aromatic carbocycles. The summed E-state index contributed by atoms with van der Waals surface area (Å²) in [6.45, 7) is 2.24. The normalized spacial score (nSPS) is 20.5. The fourth-order valence-corrected chi connectivity index (χ4v) is 3.04. The molecule has 6 nitrogen and oxygen atoms in total. The summed E-state index contributed by atoms with van der Waals surface area (Å²) < 4.78 is 5.47. The van der Waals surface area contributed by atoms with Crippen LogP contribution in [0.25, 0.3) is 0 Å². The van der Waals surface area contributed by atoms with E-state index in [1.165, 1.54) is 12.2 Å². The van der Waals surface area contributed by atoms with Gasteiger partial charge in [-0.1, -0.05) is 30.3 Å². The van der Waals surface area contributed by atoms with Gasteiger partial charge in [0.25, 0.3) is 0 Å². The summed E-state index contributed by atoms with van der Waals surface area (Å²) in [5.74, 6) is -0.141. The first-order valence-electron chi connectivity index (χ1n) is 8.32. The van der Waals surface area contributed by atoms with Crippen LogP contribution in [0.15, 0.2) is 30.3 Å². The highest BCUT2D eigenvalue weighted by molar-refractivity contribution is 5.77. The number of hydroxylamine groups is 2. The molecule has 0 aromatic heterocycles. The zero-order valence-electron chi connectivity index (χ0n) is 14.6. The molecular weight excluding hydrogens is 308 g/mol. The van der Waals surface area contributed by atoms with Crippen molar-refractivity contribution in [2.75, 3.05) is 14.2 Å². The first-order valence-corrected chi connectivity index (χ1v) is 8.32. The molecule has 6 heteroatoms. The molecule has 1 saturated heterocycles. The number of ether oxygens (including phenoxy) is 1. The molecule has 132 valence electrons. The summed E-state index contributed by atoms with van der Waals surface area (Å²) in [4.78, 5) is 31.3. The Morgan fingerprint density at radius 3 is 2.62 bits per heavy atom. The van der Waals surface area contributed by atoms with Crippen LogP contribution in [0.1, 0.15) is 38.2 Å². The number of hydrogen-bond donors (Lipinski definition) is 0. The lowest BCUT2D eigenvalue weighted by Gasteiger charge is -2.39. The second-order valence-electron chi connectivity index (χ2n) is 6.16. The van der Waals surface area contributed by atoms with Crippen LogP contribution in [-0.2, 0) is 21.0 Å². The quantitative estimate of drug-likeness (QED) is 0.777. The summed E-state index contributed by atoms with van der Waals surface area (Å²) in [5, 5.41) is 1.20. The van der Waals surface area contributed by atoms with Gasteiger partial charge in [-0.15, -0.1) is 0 Å². The molecule has 2 amide bonds. The number of carbonyl (C=O) groups is 2. The molecule has 0 radical (unpaired) electrons. The van der Waals surface area contributed by atoms with E-state index in [0.717, 1.165) is 24.8 Å². The molecular formula is C18H26N2O4. The molecule has 0 bridgehead atoms. The average Bonchev–Trinajstić information content (AvgIpc) is 2.60. The van der Waals surface area contributed by atoms with Crippen molar-refractivity contribution in [1.82, 2.24) is 9.96 Å². The van der Waals surface area contributed by atoms with Crippen molar-refractivity contribution < 1.29 is 19.2 Å². The van der Waals surface area contributed by atoms with Gasteiger partial charge >= 0.3 is 6.09 Å². The fraction of sp³-hybridized carbons (Fsp3) is 0.556. The molecule has 1 aliphatic heterocycles. The van der Waals surface area contributed by atoms with Gasteiger partial charge in [-0.2, -0.15) is 0 Å². The van der Waals surface area contributed by atoms with Crippen LogP contribution in [0.5, 0.6) is 0 Å². The summed E-state index contributed by atoms with van der Waals surface area (Å²) in [5.41, 5.74) is 0.947. The lowest BCUT2D eigenvalue weighted by atomic mass is 9.94. The Bertz CT molecular complexity index is 549. The first kappa shape index (κ1) is 18.3. The summed E-state index contributed by atoms with van der Waals surface area (Å²) in [7, 11) is 3.03. The standard InChI is InChI=1S/C18H26N2O4/c1-14-8-7-11-16(12-17(21)19(2)23-3)20(14)18(22)24-13-15-9-5-4-6-10-15/h4-6,9-10,14,16H,7-8,11-13H2,1-3H3/t14-,16-/m0/s1. The Morgan fingerprint density at radius 1 is 1.25 bits per heavy atom. The third-order valence-electron chi connectivity index (χ3n) is 4.48. The lowest BCUT2D eigenvalue weighted by molar-refractivity contribution is -0.170. The largest absolute Gasteiger partial charge is 0.445 e. The number of carbonyl (C=O) groups excluding carboxylic acids is 2. The molecule has 1 aromatic rings. The number of hydrogen-bond acceptors (Lipinski definition) is 4. The van der Waals surface area contributed by atoms with Gasteiger partial charge in [0.15, 0.2) is 0 Å². The van der Waals surface area contributed by atoms with E-state index < -0.39 is 0 Å². The monoisotopic (exact) mass is 334 g/mol. The van der Waals surface area contributed by atoms with Gasteiger partial charge in [-0.05, 0) is 31.7 Å². The van der Waals surface area contributed by atoms with Crippen molar-refractivity contribution in [1.29, 1.82) is 0 Å². The van der Waals surface area contributed by atoms with Gasteiger partial charge < -0.3 is 9.64 Å². The molecule has 0 spiro atoms. The third kappa shape index (κ3) is 4.71. The number of amides is 2. The van der Waals surface area contributed by atoms with Crippen LogP contribution in [0.4, 0.5) is 4.79 Å². The third-order valence-corrected chi connectivity index (χ3v) is 4.48. The summed E-state index contributed by atoms with van der Waals surface area (Å²) >= 11 is 0. The molecule has 1 heterocycles. The highest BCUT2D eigenvalue weighted by Crippen LogP contribution is 2.26. The van der Waals surface area contributed by atoms with Crippen molar-refractivity contribution in [2.24, 2.45) is 0 Å². The Hall–Kier alpha value is -2.08. The van der Waals surface area contributed by atoms with Gasteiger partial charge in [0.2, 0.25) is 5.91 Å². The van der Waals surface area contributed by atoms with E-state index in [1.54, 1.807) is 11.9 Å². The van der Waals surface area contributed by atoms with E-state index in [2.05, 4.69) is 0 Å². The second kappa shape index (κ2) is 8.68. The van der Waals surface area contributed by atoms with Gasteiger partial charge in [0.1, 0.15) is 6.61 Å². The molecule has 0 N–H and O–H groups in total. The van der Waals surface area contributed by atoms with Gasteiger partial charge in [-0.3, -0.25) is 9.63 Å². The van der Waals surface area contributed by atoms with Gasteiger partial charge in [0.05, 0.1) is 7.11 Å². The maximum Gasteiger partial charge on any atom is 0.410 e.